The summed E-state index contributed by atoms with van der Waals surface area (Å²) in [5.41, 5.74) is 0.951. The lowest BCUT2D eigenvalue weighted by atomic mass is 10.2. The number of imidazole rings is 1. The number of carbonyl (C=O) groups excluding carboxylic acids is 1. The summed E-state index contributed by atoms with van der Waals surface area (Å²) < 4.78 is 0. The van der Waals surface area contributed by atoms with Gasteiger partial charge in [0, 0.05) is 18.1 Å². The minimum Gasteiger partial charge on any atom is -0.505 e. The number of hydrogen-bond donors (Lipinski definition) is 3. The van der Waals surface area contributed by atoms with E-state index in [4.69, 9.17) is 0 Å². The molecule has 6 heteroatoms. The van der Waals surface area contributed by atoms with E-state index in [0.717, 1.165) is 5.69 Å². The van der Waals surface area contributed by atoms with Crippen LogP contribution in [-0.2, 0) is 0 Å². The standard InChI is InChI=1S/C13H16N4O2/c1-3-9(12-15-7-8(2)16-12)17-13(19)11-10(18)5-4-6-14-11/h4-7,9,18H,3H2,1-2H3,(H,15,16)(H,17,19)/t9-/m1/s1. The third kappa shape index (κ3) is 2.90. The first-order chi connectivity index (χ1) is 9.11. The molecule has 100 valence electrons. The van der Waals surface area contributed by atoms with Crippen molar-refractivity contribution in [1.82, 2.24) is 20.3 Å². The van der Waals surface area contributed by atoms with Crippen LogP contribution in [0, 0.1) is 6.92 Å². The average molecular weight is 260 g/mol. The molecule has 2 rings (SSSR count). The van der Waals surface area contributed by atoms with Gasteiger partial charge in [-0.15, -0.1) is 0 Å². The Labute approximate surface area is 110 Å². The fraction of sp³-hybridized carbons (Fsp3) is 0.308. The molecule has 0 spiro atoms. The Balaban J connectivity index is 2.15. The number of hydrogen-bond acceptors (Lipinski definition) is 4. The molecule has 6 nitrogen and oxygen atoms in total. The molecule has 0 bridgehead atoms. The van der Waals surface area contributed by atoms with Gasteiger partial charge in [0.15, 0.2) is 5.69 Å². The van der Waals surface area contributed by atoms with Crippen LogP contribution in [0.5, 0.6) is 5.75 Å². The molecule has 0 radical (unpaired) electrons. The Morgan fingerprint density at radius 1 is 1.53 bits per heavy atom. The van der Waals surface area contributed by atoms with Gasteiger partial charge in [0.2, 0.25) is 0 Å². The molecule has 0 aliphatic heterocycles. The Morgan fingerprint density at radius 3 is 2.89 bits per heavy atom. The van der Waals surface area contributed by atoms with Crippen LogP contribution in [0.25, 0.3) is 0 Å². The van der Waals surface area contributed by atoms with Gasteiger partial charge in [-0.3, -0.25) is 4.79 Å². The number of amides is 1. The van der Waals surface area contributed by atoms with Gasteiger partial charge in [-0.05, 0) is 25.5 Å². The topological polar surface area (TPSA) is 90.9 Å². The predicted molar refractivity (Wildman–Crippen MR) is 69.7 cm³/mol. The van der Waals surface area contributed by atoms with Crippen molar-refractivity contribution in [2.75, 3.05) is 0 Å². The lowest BCUT2D eigenvalue weighted by Gasteiger charge is -2.14. The summed E-state index contributed by atoms with van der Waals surface area (Å²) >= 11 is 0. The van der Waals surface area contributed by atoms with Crippen molar-refractivity contribution in [2.45, 2.75) is 26.3 Å². The number of carbonyl (C=O) groups is 1. The van der Waals surface area contributed by atoms with Crippen molar-refractivity contribution in [1.29, 1.82) is 0 Å². The lowest BCUT2D eigenvalue weighted by molar-refractivity contribution is 0.0926. The number of aromatic amines is 1. The van der Waals surface area contributed by atoms with Gasteiger partial charge in [0.05, 0.1) is 6.04 Å². The predicted octanol–water partition coefficient (Wildman–Crippen LogP) is 1.70. The zero-order valence-corrected chi connectivity index (χ0v) is 10.8. The fourth-order valence-corrected chi connectivity index (χ4v) is 1.77. The first-order valence-electron chi connectivity index (χ1n) is 6.08. The second-order valence-electron chi connectivity index (χ2n) is 4.26. The van der Waals surface area contributed by atoms with Crippen LogP contribution < -0.4 is 5.32 Å². The molecule has 0 aliphatic carbocycles. The Kier molecular flexibility index (Phi) is 3.79. The van der Waals surface area contributed by atoms with Crippen LogP contribution >= 0.6 is 0 Å². The van der Waals surface area contributed by atoms with Crippen LogP contribution in [0.15, 0.2) is 24.5 Å². The first kappa shape index (κ1) is 13.1. The summed E-state index contributed by atoms with van der Waals surface area (Å²) in [5, 5.41) is 12.4. The maximum atomic E-state index is 12.0. The monoisotopic (exact) mass is 260 g/mol. The lowest BCUT2D eigenvalue weighted by Crippen LogP contribution is -2.29. The van der Waals surface area contributed by atoms with Gasteiger partial charge in [-0.2, -0.15) is 0 Å². The third-order valence-corrected chi connectivity index (χ3v) is 2.77. The Morgan fingerprint density at radius 2 is 2.32 bits per heavy atom. The minimum atomic E-state index is -0.418. The molecule has 2 aromatic heterocycles. The zero-order valence-electron chi connectivity index (χ0n) is 10.8. The highest BCUT2D eigenvalue weighted by atomic mass is 16.3. The van der Waals surface area contributed by atoms with Gasteiger partial charge in [-0.25, -0.2) is 9.97 Å². The smallest absolute Gasteiger partial charge is 0.274 e. The van der Waals surface area contributed by atoms with Gasteiger partial charge in [0.25, 0.3) is 5.91 Å². The van der Waals surface area contributed by atoms with E-state index in [-0.39, 0.29) is 17.5 Å². The van der Waals surface area contributed by atoms with Crippen LogP contribution in [0.2, 0.25) is 0 Å². The molecular formula is C13H16N4O2. The molecule has 0 aliphatic rings. The number of aryl methyl sites for hydroxylation is 1. The van der Waals surface area contributed by atoms with E-state index >= 15 is 0 Å². The first-order valence-corrected chi connectivity index (χ1v) is 6.08. The van der Waals surface area contributed by atoms with Crippen LogP contribution in [-0.4, -0.2) is 26.0 Å². The minimum absolute atomic E-state index is 0.0178. The van der Waals surface area contributed by atoms with E-state index in [9.17, 15) is 9.90 Å². The molecule has 1 amide bonds. The van der Waals surface area contributed by atoms with Crippen LogP contribution in [0.3, 0.4) is 0 Å². The van der Waals surface area contributed by atoms with E-state index in [0.29, 0.717) is 12.2 Å². The van der Waals surface area contributed by atoms with Crippen LogP contribution in [0.4, 0.5) is 0 Å². The van der Waals surface area contributed by atoms with Crippen molar-refractivity contribution in [3.8, 4) is 5.75 Å². The van der Waals surface area contributed by atoms with Gasteiger partial charge in [-0.1, -0.05) is 6.92 Å². The van der Waals surface area contributed by atoms with Crippen molar-refractivity contribution < 1.29 is 9.90 Å². The SMILES string of the molecule is CC[C@@H](NC(=O)c1ncccc1O)c1ncc(C)[nH]1. The van der Waals surface area contributed by atoms with E-state index in [1.807, 2.05) is 13.8 Å². The van der Waals surface area contributed by atoms with Crippen molar-refractivity contribution >= 4 is 5.91 Å². The average Bonchev–Trinajstić information content (AvgIpc) is 2.82. The van der Waals surface area contributed by atoms with Crippen molar-refractivity contribution in [2.24, 2.45) is 0 Å². The highest BCUT2D eigenvalue weighted by molar-refractivity contribution is 5.94. The zero-order chi connectivity index (χ0) is 13.8. The van der Waals surface area contributed by atoms with Crippen molar-refractivity contribution in [3.63, 3.8) is 0 Å². The van der Waals surface area contributed by atoms with E-state index < -0.39 is 5.91 Å². The summed E-state index contributed by atoms with van der Waals surface area (Å²) in [6, 6.07) is 2.77. The normalized spacial score (nSPS) is 12.1. The second-order valence-corrected chi connectivity index (χ2v) is 4.26. The quantitative estimate of drug-likeness (QED) is 0.780. The molecule has 0 unspecified atom stereocenters. The molecule has 0 aromatic carbocycles. The fourth-order valence-electron chi connectivity index (χ4n) is 1.77. The van der Waals surface area contributed by atoms with Gasteiger partial charge < -0.3 is 15.4 Å². The van der Waals surface area contributed by atoms with E-state index in [1.54, 1.807) is 12.3 Å². The molecule has 2 heterocycles. The number of nitrogens with zero attached hydrogens (tertiary/aromatic N) is 2. The summed E-state index contributed by atoms with van der Waals surface area (Å²) in [5.74, 6) is 0.147. The number of aromatic nitrogens is 3. The Hall–Kier alpha value is -2.37. The number of aromatic hydroxyl groups is 1. The van der Waals surface area contributed by atoms with Crippen LogP contribution in [0.1, 0.15) is 41.4 Å². The molecule has 19 heavy (non-hydrogen) atoms. The number of rotatable bonds is 4. The number of nitrogens with one attached hydrogen (secondary N) is 2. The molecule has 1 atom stereocenters. The molecular weight excluding hydrogens is 244 g/mol. The molecule has 3 N–H and O–H groups in total. The summed E-state index contributed by atoms with van der Waals surface area (Å²) in [4.78, 5) is 23.2. The summed E-state index contributed by atoms with van der Waals surface area (Å²) in [7, 11) is 0. The van der Waals surface area contributed by atoms with Gasteiger partial charge in [0.1, 0.15) is 11.6 Å². The van der Waals surface area contributed by atoms with Crippen molar-refractivity contribution in [3.05, 3.63) is 41.7 Å². The highest BCUT2D eigenvalue weighted by Crippen LogP contribution is 2.17. The summed E-state index contributed by atoms with van der Waals surface area (Å²) in [6.07, 6.45) is 3.86. The molecule has 0 saturated heterocycles. The Bertz CT molecular complexity index is 580. The van der Waals surface area contributed by atoms with Gasteiger partial charge >= 0.3 is 0 Å². The maximum Gasteiger partial charge on any atom is 0.274 e. The number of pyridine rings is 1. The number of H-pyrrole nitrogens is 1. The molecule has 0 fully saturated rings. The van der Waals surface area contributed by atoms with E-state index in [2.05, 4.69) is 20.3 Å². The largest absolute Gasteiger partial charge is 0.505 e. The van der Waals surface area contributed by atoms with E-state index in [1.165, 1.54) is 12.3 Å². The summed E-state index contributed by atoms with van der Waals surface area (Å²) in [6.45, 7) is 3.84. The third-order valence-electron chi connectivity index (χ3n) is 2.77. The maximum absolute atomic E-state index is 12.0. The highest BCUT2D eigenvalue weighted by Gasteiger charge is 2.19. The molecule has 0 saturated carbocycles. The second kappa shape index (κ2) is 5.51. The molecule has 2 aromatic rings.